The van der Waals surface area contributed by atoms with E-state index in [0.717, 1.165) is 16.7 Å². The van der Waals surface area contributed by atoms with Crippen LogP contribution in [0, 0.1) is 6.92 Å². The van der Waals surface area contributed by atoms with Gasteiger partial charge in [0.1, 0.15) is 6.10 Å². The van der Waals surface area contributed by atoms with E-state index >= 15 is 0 Å². The Morgan fingerprint density at radius 1 is 0.938 bits per heavy atom. The average molecular weight is 214 g/mol. The molecule has 2 rings (SSSR count). The van der Waals surface area contributed by atoms with Crippen LogP contribution in [0.25, 0.3) is 0 Å². The van der Waals surface area contributed by atoms with Gasteiger partial charge < -0.3 is 0 Å². The van der Waals surface area contributed by atoms with Crippen LogP contribution in [0.4, 0.5) is 0 Å². The van der Waals surface area contributed by atoms with Crippen molar-refractivity contribution >= 4 is 0 Å². The Kier molecular flexibility index (Phi) is 3.34. The van der Waals surface area contributed by atoms with Crippen LogP contribution in [0.3, 0.4) is 0 Å². The van der Waals surface area contributed by atoms with Crippen molar-refractivity contribution in [3.8, 4) is 0 Å². The second-order valence-corrected chi connectivity index (χ2v) is 3.75. The number of rotatable bonds is 3. The zero-order valence-electron chi connectivity index (χ0n) is 9.13. The van der Waals surface area contributed by atoms with Gasteiger partial charge in [0, 0.05) is 0 Å². The van der Waals surface area contributed by atoms with Crippen LogP contribution in [0.5, 0.6) is 0 Å². The predicted octanol–water partition coefficient (Wildman–Crippen LogP) is 3.57. The molecule has 2 heteroatoms. The van der Waals surface area contributed by atoms with Gasteiger partial charge in [0.25, 0.3) is 0 Å². The second-order valence-electron chi connectivity index (χ2n) is 3.75. The molecule has 0 saturated carbocycles. The Balaban J connectivity index is 2.41. The molecular weight excluding hydrogens is 200 g/mol. The number of hydrogen-bond acceptors (Lipinski definition) is 2. The Labute approximate surface area is 95.1 Å². The molecule has 0 bridgehead atoms. The molecule has 0 saturated heterocycles. The summed E-state index contributed by atoms with van der Waals surface area (Å²) in [6.45, 7) is 2.00. The first-order valence-electron chi connectivity index (χ1n) is 5.23. The molecule has 2 aromatic carbocycles. The lowest BCUT2D eigenvalue weighted by Gasteiger charge is -2.16. The molecule has 16 heavy (non-hydrogen) atoms. The Morgan fingerprint density at radius 3 is 2.19 bits per heavy atom. The molecule has 0 aliphatic carbocycles. The maximum atomic E-state index is 9.06. The van der Waals surface area contributed by atoms with Gasteiger partial charge in [-0.3, -0.25) is 5.26 Å². The van der Waals surface area contributed by atoms with E-state index in [4.69, 9.17) is 5.26 Å². The van der Waals surface area contributed by atoms with E-state index in [0.29, 0.717) is 0 Å². The first kappa shape index (κ1) is 10.9. The van der Waals surface area contributed by atoms with Gasteiger partial charge in [-0.15, -0.1) is 0 Å². The van der Waals surface area contributed by atoms with Crippen molar-refractivity contribution in [3.05, 3.63) is 71.3 Å². The molecule has 0 aliphatic rings. The average Bonchev–Trinajstić information content (AvgIpc) is 2.34. The minimum Gasteiger partial charge on any atom is -0.251 e. The number of aryl methyl sites for hydroxylation is 1. The zero-order chi connectivity index (χ0) is 11.4. The first-order valence-corrected chi connectivity index (χ1v) is 5.23. The third kappa shape index (κ3) is 2.13. The summed E-state index contributed by atoms with van der Waals surface area (Å²) in [5.74, 6) is 0. The van der Waals surface area contributed by atoms with Crippen LogP contribution in [0.2, 0.25) is 0 Å². The number of benzene rings is 2. The third-order valence-electron chi connectivity index (χ3n) is 2.68. The fraction of sp³-hybridized carbons (Fsp3) is 0.143. The van der Waals surface area contributed by atoms with Crippen molar-refractivity contribution in [2.75, 3.05) is 0 Å². The van der Waals surface area contributed by atoms with Gasteiger partial charge in [0.05, 0.1) is 0 Å². The molecule has 2 aromatic rings. The lowest BCUT2D eigenvalue weighted by atomic mass is 9.98. The number of hydrogen-bond donors (Lipinski definition) is 1. The minimum absolute atomic E-state index is 0.414. The Morgan fingerprint density at radius 2 is 1.56 bits per heavy atom. The van der Waals surface area contributed by atoms with Crippen LogP contribution in [-0.4, -0.2) is 5.26 Å². The molecule has 0 fully saturated rings. The van der Waals surface area contributed by atoms with E-state index in [1.165, 1.54) is 0 Å². The molecule has 0 aliphatic heterocycles. The van der Waals surface area contributed by atoms with Crippen LogP contribution in [0.1, 0.15) is 22.8 Å². The smallest absolute Gasteiger partial charge is 0.143 e. The predicted molar refractivity (Wildman–Crippen MR) is 63.2 cm³/mol. The SMILES string of the molecule is Cc1ccccc1C(OO)c1ccccc1. The summed E-state index contributed by atoms with van der Waals surface area (Å²) in [5, 5.41) is 9.06. The van der Waals surface area contributed by atoms with Gasteiger partial charge in [-0.1, -0.05) is 54.6 Å². The van der Waals surface area contributed by atoms with E-state index < -0.39 is 6.10 Å². The standard InChI is InChI=1S/C14H14O2/c1-11-7-5-6-10-13(11)14(16-15)12-8-3-2-4-9-12/h2-10,14-15H,1H3. The third-order valence-corrected chi connectivity index (χ3v) is 2.68. The monoisotopic (exact) mass is 214 g/mol. The van der Waals surface area contributed by atoms with Gasteiger partial charge in [0.2, 0.25) is 0 Å². The zero-order valence-corrected chi connectivity index (χ0v) is 9.13. The van der Waals surface area contributed by atoms with Crippen LogP contribution < -0.4 is 0 Å². The summed E-state index contributed by atoms with van der Waals surface area (Å²) in [7, 11) is 0. The van der Waals surface area contributed by atoms with Crippen LogP contribution in [0.15, 0.2) is 54.6 Å². The maximum Gasteiger partial charge on any atom is 0.143 e. The normalized spacial score (nSPS) is 12.4. The summed E-state index contributed by atoms with van der Waals surface area (Å²) in [4.78, 5) is 4.60. The highest BCUT2D eigenvalue weighted by Crippen LogP contribution is 2.27. The van der Waals surface area contributed by atoms with Crippen molar-refractivity contribution in [3.63, 3.8) is 0 Å². The molecule has 1 N–H and O–H groups in total. The Bertz CT molecular complexity index is 451. The molecule has 0 aromatic heterocycles. The molecule has 1 unspecified atom stereocenters. The van der Waals surface area contributed by atoms with Gasteiger partial charge in [-0.2, -0.15) is 0 Å². The van der Waals surface area contributed by atoms with E-state index in [1.807, 2.05) is 61.5 Å². The van der Waals surface area contributed by atoms with Gasteiger partial charge in [-0.05, 0) is 23.6 Å². The van der Waals surface area contributed by atoms with Crippen molar-refractivity contribution in [1.82, 2.24) is 0 Å². The second kappa shape index (κ2) is 4.92. The summed E-state index contributed by atoms with van der Waals surface area (Å²) in [6, 6.07) is 17.6. The first-order chi connectivity index (χ1) is 7.83. The van der Waals surface area contributed by atoms with E-state index in [1.54, 1.807) is 0 Å². The van der Waals surface area contributed by atoms with Crippen molar-refractivity contribution in [2.24, 2.45) is 0 Å². The Hall–Kier alpha value is -1.64. The van der Waals surface area contributed by atoms with Gasteiger partial charge >= 0.3 is 0 Å². The van der Waals surface area contributed by atoms with Crippen LogP contribution >= 0.6 is 0 Å². The molecule has 0 amide bonds. The molecule has 0 heterocycles. The summed E-state index contributed by atoms with van der Waals surface area (Å²) in [6.07, 6.45) is -0.414. The van der Waals surface area contributed by atoms with Gasteiger partial charge in [0.15, 0.2) is 0 Å². The van der Waals surface area contributed by atoms with Crippen molar-refractivity contribution in [2.45, 2.75) is 13.0 Å². The summed E-state index contributed by atoms with van der Waals surface area (Å²) in [5.41, 5.74) is 3.03. The topological polar surface area (TPSA) is 29.5 Å². The summed E-state index contributed by atoms with van der Waals surface area (Å²) >= 11 is 0. The fourth-order valence-electron chi connectivity index (χ4n) is 1.81. The molecule has 0 spiro atoms. The molecule has 2 nitrogen and oxygen atoms in total. The fourth-order valence-corrected chi connectivity index (χ4v) is 1.81. The van der Waals surface area contributed by atoms with E-state index in [-0.39, 0.29) is 0 Å². The van der Waals surface area contributed by atoms with Crippen molar-refractivity contribution in [1.29, 1.82) is 0 Å². The largest absolute Gasteiger partial charge is 0.251 e. The van der Waals surface area contributed by atoms with Crippen LogP contribution in [-0.2, 0) is 4.89 Å². The molecule has 1 atom stereocenters. The lowest BCUT2D eigenvalue weighted by molar-refractivity contribution is -0.270. The molecule has 82 valence electrons. The van der Waals surface area contributed by atoms with E-state index in [9.17, 15) is 0 Å². The minimum atomic E-state index is -0.414. The maximum absolute atomic E-state index is 9.06. The lowest BCUT2D eigenvalue weighted by Crippen LogP contribution is -2.05. The highest BCUT2D eigenvalue weighted by atomic mass is 17.1. The quantitative estimate of drug-likeness (QED) is 0.625. The highest BCUT2D eigenvalue weighted by Gasteiger charge is 2.15. The highest BCUT2D eigenvalue weighted by molar-refractivity contribution is 5.35. The van der Waals surface area contributed by atoms with E-state index in [2.05, 4.69) is 4.89 Å². The summed E-state index contributed by atoms with van der Waals surface area (Å²) < 4.78 is 0. The molecule has 0 radical (unpaired) electrons. The van der Waals surface area contributed by atoms with Gasteiger partial charge in [-0.25, -0.2) is 4.89 Å². The van der Waals surface area contributed by atoms with Crippen molar-refractivity contribution < 1.29 is 10.1 Å². The molecular formula is C14H14O2.